The second kappa shape index (κ2) is 5.22. The van der Waals surface area contributed by atoms with E-state index in [9.17, 15) is 9.18 Å². The normalized spacial score (nSPS) is 10.5. The van der Waals surface area contributed by atoms with Crippen LogP contribution in [0, 0.1) is 19.7 Å². The summed E-state index contributed by atoms with van der Waals surface area (Å²) in [4.78, 5) is 15.7. The van der Waals surface area contributed by atoms with Gasteiger partial charge in [0.25, 0.3) is 0 Å². The Balaban J connectivity index is 2.41. The van der Waals surface area contributed by atoms with Crippen LogP contribution in [0.3, 0.4) is 0 Å². The highest BCUT2D eigenvalue weighted by atomic mass is 19.1. The average Bonchev–Trinajstić information content (AvgIpc) is 2.70. The van der Waals surface area contributed by atoms with E-state index in [1.807, 2.05) is 0 Å². The number of aryl methyl sites for hydroxylation is 2. The lowest BCUT2D eigenvalue weighted by molar-refractivity contribution is 0.0490. The highest BCUT2D eigenvalue weighted by molar-refractivity contribution is 5.87. The molecule has 100 valence electrons. The number of rotatable bonds is 3. The quantitative estimate of drug-likeness (QED) is 0.797. The number of halogens is 1. The van der Waals surface area contributed by atoms with Crippen LogP contribution in [-0.4, -0.2) is 17.6 Å². The molecule has 0 aliphatic carbocycles. The van der Waals surface area contributed by atoms with Crippen LogP contribution in [0.4, 0.5) is 4.39 Å². The fraction of sp³-hybridized carbons (Fsp3) is 0.286. The third-order valence-electron chi connectivity index (χ3n) is 2.55. The third-order valence-corrected chi connectivity index (χ3v) is 2.55. The van der Waals surface area contributed by atoms with E-state index >= 15 is 0 Å². The second-order valence-electron chi connectivity index (χ2n) is 4.17. The minimum Gasteiger partial charge on any atom is -0.460 e. The Morgan fingerprint density at radius 1 is 1.37 bits per heavy atom. The smallest absolute Gasteiger partial charge is 0.376 e. The summed E-state index contributed by atoms with van der Waals surface area (Å²) in [7, 11) is 0. The summed E-state index contributed by atoms with van der Waals surface area (Å²) < 4.78 is 23.6. The minimum atomic E-state index is -0.563. The Hall–Kier alpha value is -2.17. The van der Waals surface area contributed by atoms with Crippen LogP contribution in [0.25, 0.3) is 11.5 Å². The van der Waals surface area contributed by atoms with Crippen LogP contribution in [0.5, 0.6) is 0 Å². The molecule has 0 spiro atoms. The van der Waals surface area contributed by atoms with E-state index in [1.165, 1.54) is 12.1 Å². The molecule has 5 heteroatoms. The molecule has 0 unspecified atom stereocenters. The van der Waals surface area contributed by atoms with E-state index in [4.69, 9.17) is 9.15 Å². The van der Waals surface area contributed by atoms with Crippen LogP contribution in [0.15, 0.2) is 22.6 Å². The summed E-state index contributed by atoms with van der Waals surface area (Å²) in [5.74, 6) is -0.669. The van der Waals surface area contributed by atoms with Crippen molar-refractivity contribution in [2.75, 3.05) is 6.61 Å². The van der Waals surface area contributed by atoms with Crippen molar-refractivity contribution in [1.82, 2.24) is 4.98 Å². The summed E-state index contributed by atoms with van der Waals surface area (Å²) in [6.07, 6.45) is 0. The SMILES string of the molecule is CCOC(=O)c1oc(-c2cc(C)cc(F)c2)nc1C. The first-order chi connectivity index (χ1) is 9.01. The fourth-order valence-corrected chi connectivity index (χ4v) is 1.77. The average molecular weight is 263 g/mol. The predicted molar refractivity (Wildman–Crippen MR) is 67.3 cm³/mol. The zero-order valence-corrected chi connectivity index (χ0v) is 11.0. The number of ether oxygens (including phenoxy) is 1. The van der Waals surface area contributed by atoms with Gasteiger partial charge in [0.05, 0.1) is 12.3 Å². The van der Waals surface area contributed by atoms with Gasteiger partial charge in [-0.15, -0.1) is 0 Å². The number of hydrogen-bond donors (Lipinski definition) is 0. The van der Waals surface area contributed by atoms with Crippen LogP contribution >= 0.6 is 0 Å². The number of benzene rings is 1. The van der Waals surface area contributed by atoms with Crippen molar-refractivity contribution in [1.29, 1.82) is 0 Å². The standard InChI is InChI=1S/C14H14FNO3/c1-4-18-14(17)12-9(3)16-13(19-12)10-5-8(2)6-11(15)7-10/h5-7H,4H2,1-3H3. The van der Waals surface area contributed by atoms with E-state index in [1.54, 1.807) is 26.8 Å². The maximum Gasteiger partial charge on any atom is 0.376 e. The van der Waals surface area contributed by atoms with Gasteiger partial charge >= 0.3 is 5.97 Å². The third kappa shape index (κ3) is 2.81. The Bertz CT molecular complexity index is 599. The zero-order valence-electron chi connectivity index (χ0n) is 11.0. The molecule has 19 heavy (non-hydrogen) atoms. The van der Waals surface area contributed by atoms with E-state index in [0.29, 0.717) is 11.3 Å². The highest BCUT2D eigenvalue weighted by Gasteiger charge is 2.19. The second-order valence-corrected chi connectivity index (χ2v) is 4.17. The monoisotopic (exact) mass is 263 g/mol. The lowest BCUT2D eigenvalue weighted by Gasteiger charge is -1.99. The molecule has 4 nitrogen and oxygen atoms in total. The van der Waals surface area contributed by atoms with Crippen LogP contribution in [-0.2, 0) is 4.74 Å². The summed E-state index contributed by atoms with van der Waals surface area (Å²) in [5, 5.41) is 0. The van der Waals surface area contributed by atoms with Crippen LogP contribution < -0.4 is 0 Å². The van der Waals surface area contributed by atoms with Gasteiger partial charge in [-0.25, -0.2) is 14.2 Å². The highest BCUT2D eigenvalue weighted by Crippen LogP contribution is 2.24. The number of nitrogens with zero attached hydrogens (tertiary/aromatic N) is 1. The van der Waals surface area contributed by atoms with Gasteiger partial charge in [0.2, 0.25) is 11.7 Å². The lowest BCUT2D eigenvalue weighted by Crippen LogP contribution is -2.04. The maximum absolute atomic E-state index is 13.3. The van der Waals surface area contributed by atoms with Crippen molar-refractivity contribution >= 4 is 5.97 Å². The van der Waals surface area contributed by atoms with Gasteiger partial charge in [0.1, 0.15) is 5.82 Å². The number of carbonyl (C=O) groups is 1. The molecule has 0 N–H and O–H groups in total. The van der Waals surface area contributed by atoms with Gasteiger partial charge in [0, 0.05) is 5.56 Å². The molecule has 0 bridgehead atoms. The molecule has 1 aromatic carbocycles. The van der Waals surface area contributed by atoms with Crippen LogP contribution in [0.2, 0.25) is 0 Å². The van der Waals surface area contributed by atoms with E-state index in [0.717, 1.165) is 5.56 Å². The first-order valence-electron chi connectivity index (χ1n) is 5.93. The van der Waals surface area contributed by atoms with Crippen molar-refractivity contribution in [2.45, 2.75) is 20.8 Å². The number of carbonyl (C=O) groups excluding carboxylic acids is 1. The molecular formula is C14H14FNO3. The molecular weight excluding hydrogens is 249 g/mol. The van der Waals surface area contributed by atoms with Crippen LogP contribution in [0.1, 0.15) is 28.7 Å². The van der Waals surface area contributed by atoms with Crippen molar-refractivity contribution in [2.24, 2.45) is 0 Å². The van der Waals surface area contributed by atoms with Crippen molar-refractivity contribution in [3.8, 4) is 11.5 Å². The molecule has 0 saturated carbocycles. The summed E-state index contributed by atoms with van der Waals surface area (Å²) in [6, 6.07) is 4.46. The molecule has 1 aromatic heterocycles. The minimum absolute atomic E-state index is 0.0544. The van der Waals surface area contributed by atoms with E-state index in [-0.39, 0.29) is 24.1 Å². The van der Waals surface area contributed by atoms with Crippen molar-refractivity contribution < 1.29 is 18.3 Å². The molecule has 0 saturated heterocycles. The molecule has 0 fully saturated rings. The first-order valence-corrected chi connectivity index (χ1v) is 5.93. The van der Waals surface area contributed by atoms with Crippen molar-refractivity contribution in [3.05, 3.63) is 41.0 Å². The van der Waals surface area contributed by atoms with Gasteiger partial charge in [-0.2, -0.15) is 0 Å². The van der Waals surface area contributed by atoms with E-state index < -0.39 is 5.97 Å². The largest absolute Gasteiger partial charge is 0.460 e. The molecule has 2 aromatic rings. The Kier molecular flexibility index (Phi) is 3.64. The molecule has 2 rings (SSSR count). The topological polar surface area (TPSA) is 52.3 Å². The number of hydrogen-bond acceptors (Lipinski definition) is 4. The lowest BCUT2D eigenvalue weighted by atomic mass is 10.1. The Labute approximate surface area is 110 Å². The molecule has 1 heterocycles. The Morgan fingerprint density at radius 3 is 2.74 bits per heavy atom. The molecule has 0 radical (unpaired) electrons. The predicted octanol–water partition coefficient (Wildman–Crippen LogP) is 3.27. The molecule has 0 aliphatic rings. The van der Waals surface area contributed by atoms with Gasteiger partial charge < -0.3 is 9.15 Å². The Morgan fingerprint density at radius 2 is 2.11 bits per heavy atom. The van der Waals surface area contributed by atoms with Gasteiger partial charge in [-0.3, -0.25) is 0 Å². The van der Waals surface area contributed by atoms with Gasteiger partial charge in [-0.05, 0) is 44.5 Å². The summed E-state index contributed by atoms with van der Waals surface area (Å²) in [6.45, 7) is 5.38. The van der Waals surface area contributed by atoms with E-state index in [2.05, 4.69) is 4.98 Å². The number of esters is 1. The summed E-state index contributed by atoms with van der Waals surface area (Å²) in [5.41, 5.74) is 1.68. The van der Waals surface area contributed by atoms with Gasteiger partial charge in [-0.1, -0.05) is 0 Å². The van der Waals surface area contributed by atoms with Gasteiger partial charge in [0.15, 0.2) is 0 Å². The van der Waals surface area contributed by atoms with Crippen molar-refractivity contribution in [3.63, 3.8) is 0 Å². The number of oxazole rings is 1. The maximum atomic E-state index is 13.3. The molecule has 0 amide bonds. The molecule has 0 aliphatic heterocycles. The summed E-state index contributed by atoms with van der Waals surface area (Å²) >= 11 is 0. The zero-order chi connectivity index (χ0) is 14.0. The number of aromatic nitrogens is 1. The molecule has 0 atom stereocenters. The fourth-order valence-electron chi connectivity index (χ4n) is 1.77. The first kappa shape index (κ1) is 13.3.